The molecule has 1 saturated carbocycles. The minimum atomic E-state index is -1.37. The molecule has 0 unspecified atom stereocenters. The van der Waals surface area contributed by atoms with Crippen LogP contribution in [0.4, 0.5) is 0 Å². The molecule has 0 bridgehead atoms. The van der Waals surface area contributed by atoms with Crippen LogP contribution in [0.5, 0.6) is 0 Å². The average molecular weight is 530 g/mol. The Morgan fingerprint density at radius 3 is 2.89 bits per heavy atom. The van der Waals surface area contributed by atoms with Crippen molar-refractivity contribution in [1.29, 1.82) is 0 Å². The highest BCUT2D eigenvalue weighted by Crippen LogP contribution is 2.42. The van der Waals surface area contributed by atoms with Gasteiger partial charge in [-0.2, -0.15) is 0 Å². The molecule has 1 aliphatic heterocycles. The maximum absolute atomic E-state index is 13.4. The highest BCUT2D eigenvalue weighted by Gasteiger charge is 2.45. The number of aryl methyl sites for hydroxylation is 1. The third-order valence-corrected chi connectivity index (χ3v) is 8.17. The summed E-state index contributed by atoms with van der Waals surface area (Å²) in [5, 5.41) is 12.8. The number of hydrogen-bond acceptors (Lipinski definition) is 6. The monoisotopic (exact) mass is 529 g/mol. The number of benzene rings is 1. The summed E-state index contributed by atoms with van der Waals surface area (Å²) in [6.07, 6.45) is 6.31. The van der Waals surface area contributed by atoms with E-state index < -0.39 is 11.7 Å². The number of aromatic nitrogens is 1. The Labute approximate surface area is 225 Å². The maximum atomic E-state index is 13.4. The molecule has 2 fully saturated rings. The molecule has 37 heavy (non-hydrogen) atoms. The lowest BCUT2D eigenvalue weighted by Crippen LogP contribution is -2.55. The first-order valence-corrected chi connectivity index (χ1v) is 13.9. The summed E-state index contributed by atoms with van der Waals surface area (Å²) in [6, 6.07) is 10.1. The van der Waals surface area contributed by atoms with Crippen LogP contribution in [0.3, 0.4) is 0 Å². The molecule has 3 N–H and O–H groups in total. The number of rotatable bonds is 10. The summed E-state index contributed by atoms with van der Waals surface area (Å²) in [5.41, 5.74) is 8.19. The Morgan fingerprint density at radius 1 is 1.32 bits per heavy atom. The standard InChI is InChI=1S/C29H40ClN3O4/c1-3-20-7-6-8-21(17-20)26-24(11-13-32-27(26)30)29(35,12-4-5-15-36-2)25-19-33(14-16-37-25)28(34)22-9-10-23(31)18-22/h6-8,11,13,17,22-23,25,35H,3-5,9-10,12,14-16,18-19,31H2,1-2H3/t22-,23+,25-,29-/m1/s1. The number of nitrogens with zero attached hydrogens (tertiary/aromatic N) is 2. The average Bonchev–Trinajstić information content (AvgIpc) is 3.36. The van der Waals surface area contributed by atoms with Crippen molar-refractivity contribution in [3.63, 3.8) is 0 Å². The second kappa shape index (κ2) is 12.7. The van der Waals surface area contributed by atoms with Crippen molar-refractivity contribution in [2.24, 2.45) is 11.7 Å². The zero-order chi connectivity index (χ0) is 26.4. The number of halogens is 1. The van der Waals surface area contributed by atoms with E-state index in [0.29, 0.717) is 49.0 Å². The number of aliphatic hydroxyl groups is 1. The number of amides is 1. The van der Waals surface area contributed by atoms with Gasteiger partial charge in [-0.15, -0.1) is 0 Å². The Kier molecular flexibility index (Phi) is 9.59. The molecule has 8 heteroatoms. The molecule has 7 nitrogen and oxygen atoms in total. The molecule has 1 saturated heterocycles. The van der Waals surface area contributed by atoms with Gasteiger partial charge >= 0.3 is 0 Å². The Morgan fingerprint density at radius 2 is 2.16 bits per heavy atom. The molecule has 2 aliphatic rings. The van der Waals surface area contributed by atoms with E-state index in [1.807, 2.05) is 23.1 Å². The molecular weight excluding hydrogens is 490 g/mol. The van der Waals surface area contributed by atoms with E-state index in [2.05, 4.69) is 24.0 Å². The van der Waals surface area contributed by atoms with Gasteiger partial charge in [-0.1, -0.05) is 42.8 Å². The molecule has 1 amide bonds. The lowest BCUT2D eigenvalue weighted by molar-refractivity contribution is -0.167. The first-order chi connectivity index (χ1) is 17.9. The Hall–Kier alpha value is -2.03. The van der Waals surface area contributed by atoms with E-state index in [-0.39, 0.29) is 17.9 Å². The van der Waals surface area contributed by atoms with Gasteiger partial charge in [0.1, 0.15) is 16.9 Å². The predicted molar refractivity (Wildman–Crippen MR) is 145 cm³/mol. The smallest absolute Gasteiger partial charge is 0.225 e. The van der Waals surface area contributed by atoms with Gasteiger partial charge < -0.3 is 25.2 Å². The predicted octanol–water partition coefficient (Wildman–Crippen LogP) is 4.32. The summed E-state index contributed by atoms with van der Waals surface area (Å²) in [5.74, 6) is 0.0675. The van der Waals surface area contributed by atoms with E-state index in [0.717, 1.165) is 44.1 Å². The second-order valence-electron chi connectivity index (χ2n) is 10.4. The van der Waals surface area contributed by atoms with Crippen LogP contribution in [0.1, 0.15) is 56.6 Å². The molecule has 202 valence electrons. The third-order valence-electron chi connectivity index (χ3n) is 7.88. The quantitative estimate of drug-likeness (QED) is 0.351. The lowest BCUT2D eigenvalue weighted by atomic mass is 9.79. The van der Waals surface area contributed by atoms with Crippen molar-refractivity contribution in [3.05, 3.63) is 52.8 Å². The van der Waals surface area contributed by atoms with Crippen molar-refractivity contribution in [2.75, 3.05) is 33.4 Å². The highest BCUT2D eigenvalue weighted by atomic mass is 35.5. The molecule has 0 spiro atoms. The first kappa shape index (κ1) is 28.0. The number of carbonyl (C=O) groups is 1. The van der Waals surface area contributed by atoms with Crippen LogP contribution in [0.15, 0.2) is 36.5 Å². The van der Waals surface area contributed by atoms with E-state index in [1.165, 1.54) is 5.56 Å². The van der Waals surface area contributed by atoms with Crippen LogP contribution in [0.2, 0.25) is 5.15 Å². The summed E-state index contributed by atoms with van der Waals surface area (Å²) < 4.78 is 11.5. The fourth-order valence-electron chi connectivity index (χ4n) is 5.77. The van der Waals surface area contributed by atoms with Crippen molar-refractivity contribution >= 4 is 17.5 Å². The van der Waals surface area contributed by atoms with Crippen molar-refractivity contribution < 1.29 is 19.4 Å². The number of morpholine rings is 1. The molecule has 0 radical (unpaired) electrons. The zero-order valence-corrected chi connectivity index (χ0v) is 22.8. The molecule has 4 atom stereocenters. The van der Waals surface area contributed by atoms with E-state index in [1.54, 1.807) is 13.3 Å². The first-order valence-electron chi connectivity index (χ1n) is 13.5. The molecule has 2 aromatic rings. The number of ether oxygens (including phenoxy) is 2. The van der Waals surface area contributed by atoms with Gasteiger partial charge in [0.05, 0.1) is 13.2 Å². The normalized spacial score (nSPS) is 23.7. The third kappa shape index (κ3) is 6.35. The van der Waals surface area contributed by atoms with E-state index in [4.69, 9.17) is 26.8 Å². The van der Waals surface area contributed by atoms with Gasteiger partial charge in [0.25, 0.3) is 0 Å². The number of methoxy groups -OCH3 is 1. The summed E-state index contributed by atoms with van der Waals surface area (Å²) >= 11 is 6.71. The molecule has 1 aromatic heterocycles. The number of hydrogen-bond donors (Lipinski definition) is 2. The van der Waals surface area contributed by atoms with Gasteiger partial charge in [-0.3, -0.25) is 4.79 Å². The Balaban J connectivity index is 1.70. The molecule has 1 aromatic carbocycles. The van der Waals surface area contributed by atoms with Crippen LogP contribution in [-0.2, 0) is 26.3 Å². The fraction of sp³-hybridized carbons (Fsp3) is 0.586. The van der Waals surface area contributed by atoms with Gasteiger partial charge in [-0.05, 0) is 67.7 Å². The molecule has 4 rings (SSSR count). The molecule has 1 aliphatic carbocycles. The second-order valence-corrected chi connectivity index (χ2v) is 10.7. The highest BCUT2D eigenvalue weighted by molar-refractivity contribution is 6.32. The number of carbonyl (C=O) groups excluding carboxylic acids is 1. The number of pyridine rings is 1. The van der Waals surface area contributed by atoms with Crippen molar-refractivity contribution in [1.82, 2.24) is 9.88 Å². The topological polar surface area (TPSA) is 97.9 Å². The minimum Gasteiger partial charge on any atom is -0.385 e. The van der Waals surface area contributed by atoms with Crippen molar-refractivity contribution in [3.8, 4) is 11.1 Å². The number of nitrogens with two attached hydrogens (primary N) is 1. The zero-order valence-electron chi connectivity index (χ0n) is 22.0. The maximum Gasteiger partial charge on any atom is 0.225 e. The molecule has 2 heterocycles. The van der Waals surface area contributed by atoms with Crippen LogP contribution in [0, 0.1) is 5.92 Å². The van der Waals surface area contributed by atoms with Crippen LogP contribution >= 0.6 is 11.6 Å². The van der Waals surface area contributed by atoms with Crippen LogP contribution < -0.4 is 5.73 Å². The largest absolute Gasteiger partial charge is 0.385 e. The van der Waals surface area contributed by atoms with Crippen molar-refractivity contribution in [2.45, 2.75) is 69.6 Å². The van der Waals surface area contributed by atoms with Crippen LogP contribution in [0.25, 0.3) is 11.1 Å². The van der Waals surface area contributed by atoms with Gasteiger partial charge in [0.2, 0.25) is 5.91 Å². The van der Waals surface area contributed by atoms with E-state index >= 15 is 0 Å². The van der Waals surface area contributed by atoms with Gasteiger partial charge in [0, 0.05) is 44.0 Å². The fourth-order valence-corrected chi connectivity index (χ4v) is 6.03. The summed E-state index contributed by atoms with van der Waals surface area (Å²) in [7, 11) is 1.68. The summed E-state index contributed by atoms with van der Waals surface area (Å²) in [6.45, 7) is 3.92. The SMILES string of the molecule is CCc1cccc(-c2c([C@](O)(CCCCOC)[C@H]3CN(C(=O)[C@@H]4CC[C@H](N)C4)CCO3)ccnc2Cl)c1. The van der Waals surface area contributed by atoms with E-state index in [9.17, 15) is 9.90 Å². The lowest BCUT2D eigenvalue weighted by Gasteiger charge is -2.43. The molecular formula is C29H40ClN3O4. The Bertz CT molecular complexity index is 1070. The summed E-state index contributed by atoms with van der Waals surface area (Å²) in [4.78, 5) is 19.6. The number of unbranched alkanes of at least 4 members (excludes halogenated alkanes) is 1. The van der Waals surface area contributed by atoms with Crippen LogP contribution in [-0.4, -0.2) is 66.5 Å². The van der Waals surface area contributed by atoms with Gasteiger partial charge in [-0.25, -0.2) is 4.98 Å². The van der Waals surface area contributed by atoms with Gasteiger partial charge in [0.15, 0.2) is 0 Å². The minimum absolute atomic E-state index is 0.0498.